The standard InChI is InChI=1S/C26H36N4O2/c1-5-22-9-11-23(12-10-22)21(4)27-24(31)17-29-13-15-30(16-14-29)18-25(32)28-26-19(2)7-6-8-20(26)3/h6-12,21H,5,13-18H2,1-4H3,(H,27,31)(H,28,32). The summed E-state index contributed by atoms with van der Waals surface area (Å²) in [7, 11) is 0. The van der Waals surface area contributed by atoms with Gasteiger partial charge < -0.3 is 10.6 Å². The van der Waals surface area contributed by atoms with Crippen LogP contribution in [-0.4, -0.2) is 60.9 Å². The normalized spacial score (nSPS) is 15.9. The number of benzene rings is 2. The van der Waals surface area contributed by atoms with Crippen molar-refractivity contribution in [2.45, 2.75) is 40.2 Å². The molecule has 1 saturated heterocycles. The molecule has 0 aromatic heterocycles. The Hall–Kier alpha value is -2.70. The lowest BCUT2D eigenvalue weighted by Gasteiger charge is -2.34. The van der Waals surface area contributed by atoms with Gasteiger partial charge in [0, 0.05) is 31.9 Å². The molecule has 1 atom stereocenters. The highest BCUT2D eigenvalue weighted by atomic mass is 16.2. The first-order valence-electron chi connectivity index (χ1n) is 11.5. The molecule has 0 spiro atoms. The molecule has 1 aliphatic heterocycles. The third-order valence-corrected chi connectivity index (χ3v) is 6.21. The Morgan fingerprint density at radius 2 is 1.41 bits per heavy atom. The van der Waals surface area contributed by atoms with Gasteiger partial charge in [-0.2, -0.15) is 0 Å². The van der Waals surface area contributed by atoms with Gasteiger partial charge in [-0.25, -0.2) is 0 Å². The van der Waals surface area contributed by atoms with Gasteiger partial charge in [-0.3, -0.25) is 19.4 Å². The van der Waals surface area contributed by atoms with Crippen LogP contribution in [0.1, 0.15) is 42.1 Å². The van der Waals surface area contributed by atoms with Gasteiger partial charge in [0.05, 0.1) is 19.1 Å². The zero-order valence-electron chi connectivity index (χ0n) is 19.8. The average molecular weight is 437 g/mol. The zero-order valence-corrected chi connectivity index (χ0v) is 19.8. The summed E-state index contributed by atoms with van der Waals surface area (Å²) in [5.74, 6) is 0.0507. The van der Waals surface area contributed by atoms with Gasteiger partial charge in [-0.05, 0) is 49.4 Å². The van der Waals surface area contributed by atoms with Crippen molar-refractivity contribution in [3.05, 3.63) is 64.7 Å². The predicted molar refractivity (Wildman–Crippen MR) is 130 cm³/mol. The fourth-order valence-electron chi connectivity index (χ4n) is 4.11. The number of piperazine rings is 1. The molecule has 0 radical (unpaired) electrons. The Kier molecular flexibility index (Phi) is 8.42. The number of para-hydroxylation sites is 1. The highest BCUT2D eigenvalue weighted by Crippen LogP contribution is 2.19. The summed E-state index contributed by atoms with van der Waals surface area (Å²) >= 11 is 0. The quantitative estimate of drug-likeness (QED) is 0.667. The molecular formula is C26H36N4O2. The molecule has 32 heavy (non-hydrogen) atoms. The molecule has 2 aromatic rings. The topological polar surface area (TPSA) is 64.7 Å². The van der Waals surface area contributed by atoms with E-state index >= 15 is 0 Å². The Morgan fingerprint density at radius 1 is 0.875 bits per heavy atom. The molecule has 6 heteroatoms. The minimum Gasteiger partial charge on any atom is -0.348 e. The molecule has 1 aliphatic rings. The second-order valence-electron chi connectivity index (χ2n) is 8.75. The van der Waals surface area contributed by atoms with Crippen LogP contribution in [0.4, 0.5) is 5.69 Å². The van der Waals surface area contributed by atoms with Crippen molar-refractivity contribution in [3.63, 3.8) is 0 Å². The third-order valence-electron chi connectivity index (χ3n) is 6.21. The van der Waals surface area contributed by atoms with Gasteiger partial charge in [0.15, 0.2) is 0 Å². The van der Waals surface area contributed by atoms with Crippen molar-refractivity contribution in [1.29, 1.82) is 0 Å². The van der Waals surface area contributed by atoms with E-state index in [4.69, 9.17) is 0 Å². The summed E-state index contributed by atoms with van der Waals surface area (Å²) in [6.45, 7) is 12.1. The molecule has 172 valence electrons. The number of hydrogen-bond acceptors (Lipinski definition) is 4. The number of nitrogens with one attached hydrogen (secondary N) is 2. The molecule has 0 saturated carbocycles. The van der Waals surface area contributed by atoms with Crippen molar-refractivity contribution < 1.29 is 9.59 Å². The second-order valence-corrected chi connectivity index (χ2v) is 8.75. The molecule has 3 rings (SSSR count). The first-order valence-corrected chi connectivity index (χ1v) is 11.5. The van der Waals surface area contributed by atoms with Crippen molar-refractivity contribution >= 4 is 17.5 Å². The maximum Gasteiger partial charge on any atom is 0.238 e. The SMILES string of the molecule is CCc1ccc(C(C)NC(=O)CN2CCN(CC(=O)Nc3c(C)cccc3C)CC2)cc1. The van der Waals surface area contributed by atoms with E-state index in [2.05, 4.69) is 51.6 Å². The zero-order chi connectivity index (χ0) is 23.1. The number of carbonyl (C=O) groups excluding carboxylic acids is 2. The van der Waals surface area contributed by atoms with Crippen LogP contribution in [0, 0.1) is 13.8 Å². The summed E-state index contributed by atoms with van der Waals surface area (Å²) in [5, 5.41) is 6.16. The largest absolute Gasteiger partial charge is 0.348 e. The summed E-state index contributed by atoms with van der Waals surface area (Å²) in [4.78, 5) is 29.3. The maximum atomic E-state index is 12.5. The van der Waals surface area contributed by atoms with E-state index in [1.54, 1.807) is 0 Å². The third kappa shape index (κ3) is 6.65. The molecule has 6 nitrogen and oxygen atoms in total. The summed E-state index contributed by atoms with van der Waals surface area (Å²) in [6, 6.07) is 14.4. The van der Waals surface area contributed by atoms with Gasteiger partial charge in [0.25, 0.3) is 0 Å². The molecular weight excluding hydrogens is 400 g/mol. The van der Waals surface area contributed by atoms with E-state index in [0.717, 1.165) is 55.0 Å². The number of amides is 2. The minimum atomic E-state index is -0.0108. The van der Waals surface area contributed by atoms with Gasteiger partial charge in [0.1, 0.15) is 0 Å². The van der Waals surface area contributed by atoms with Crippen LogP contribution in [0.15, 0.2) is 42.5 Å². The number of nitrogens with zero attached hydrogens (tertiary/aromatic N) is 2. The van der Waals surface area contributed by atoms with Crippen molar-refractivity contribution in [2.75, 3.05) is 44.6 Å². The van der Waals surface area contributed by atoms with Crippen molar-refractivity contribution in [2.24, 2.45) is 0 Å². The van der Waals surface area contributed by atoms with Crippen LogP contribution in [-0.2, 0) is 16.0 Å². The van der Waals surface area contributed by atoms with E-state index < -0.39 is 0 Å². The van der Waals surface area contributed by atoms with Crippen LogP contribution in [0.2, 0.25) is 0 Å². The monoisotopic (exact) mass is 436 g/mol. The van der Waals surface area contributed by atoms with Gasteiger partial charge in [-0.1, -0.05) is 49.4 Å². The smallest absolute Gasteiger partial charge is 0.238 e. The van der Waals surface area contributed by atoms with E-state index in [1.807, 2.05) is 39.0 Å². The lowest BCUT2D eigenvalue weighted by molar-refractivity contribution is -0.124. The number of hydrogen-bond donors (Lipinski definition) is 2. The minimum absolute atomic E-state index is 0.0107. The van der Waals surface area contributed by atoms with E-state index in [0.29, 0.717) is 13.1 Å². The van der Waals surface area contributed by atoms with Crippen LogP contribution in [0.5, 0.6) is 0 Å². The van der Waals surface area contributed by atoms with Crippen molar-refractivity contribution in [3.8, 4) is 0 Å². The van der Waals surface area contributed by atoms with E-state index in [-0.39, 0.29) is 17.9 Å². The van der Waals surface area contributed by atoms with Crippen LogP contribution < -0.4 is 10.6 Å². The average Bonchev–Trinajstić information content (AvgIpc) is 2.77. The number of rotatable bonds is 8. The van der Waals surface area contributed by atoms with Crippen LogP contribution in [0.25, 0.3) is 0 Å². The fraction of sp³-hybridized carbons (Fsp3) is 0.462. The second kappa shape index (κ2) is 11.2. The Morgan fingerprint density at radius 3 is 1.94 bits per heavy atom. The van der Waals surface area contributed by atoms with E-state index in [1.165, 1.54) is 5.56 Å². The van der Waals surface area contributed by atoms with E-state index in [9.17, 15) is 9.59 Å². The number of anilines is 1. The highest BCUT2D eigenvalue weighted by molar-refractivity contribution is 5.93. The lowest BCUT2D eigenvalue weighted by atomic mass is 10.1. The maximum absolute atomic E-state index is 12.5. The number of aryl methyl sites for hydroxylation is 3. The molecule has 1 heterocycles. The molecule has 2 aromatic carbocycles. The van der Waals surface area contributed by atoms with Crippen LogP contribution >= 0.6 is 0 Å². The van der Waals surface area contributed by atoms with Gasteiger partial charge in [-0.15, -0.1) is 0 Å². The molecule has 1 fully saturated rings. The molecule has 1 unspecified atom stereocenters. The Balaban J connectivity index is 1.40. The Bertz CT molecular complexity index is 898. The fourth-order valence-corrected chi connectivity index (χ4v) is 4.11. The van der Waals surface area contributed by atoms with Gasteiger partial charge >= 0.3 is 0 Å². The first kappa shape index (κ1) is 24.0. The first-order chi connectivity index (χ1) is 15.4. The van der Waals surface area contributed by atoms with Gasteiger partial charge in [0.2, 0.25) is 11.8 Å². The van der Waals surface area contributed by atoms with Crippen LogP contribution in [0.3, 0.4) is 0 Å². The molecule has 0 aliphatic carbocycles. The molecule has 0 bridgehead atoms. The predicted octanol–water partition coefficient (Wildman–Crippen LogP) is 3.30. The summed E-state index contributed by atoms with van der Waals surface area (Å²) in [5.41, 5.74) is 5.48. The summed E-state index contributed by atoms with van der Waals surface area (Å²) < 4.78 is 0. The van der Waals surface area contributed by atoms with Crippen molar-refractivity contribution in [1.82, 2.24) is 15.1 Å². The molecule has 2 N–H and O–H groups in total. The summed E-state index contributed by atoms with van der Waals surface area (Å²) in [6.07, 6.45) is 1.01. The molecule has 2 amide bonds. The Labute approximate surface area is 192 Å². The number of carbonyl (C=O) groups is 2. The highest BCUT2D eigenvalue weighted by Gasteiger charge is 2.21. The lowest BCUT2D eigenvalue weighted by Crippen LogP contribution is -2.51.